The van der Waals surface area contributed by atoms with E-state index in [1.165, 1.54) is 28.7 Å². The second-order valence-corrected chi connectivity index (χ2v) is 9.49. The van der Waals surface area contributed by atoms with Gasteiger partial charge in [-0.2, -0.15) is 15.0 Å². The number of ether oxygens (including phenoxy) is 1. The first-order valence-electron chi connectivity index (χ1n) is 12.6. The zero-order chi connectivity index (χ0) is 24.3. The van der Waals surface area contributed by atoms with Gasteiger partial charge in [0.15, 0.2) is 0 Å². The Balaban J connectivity index is 1.23. The smallest absolute Gasteiger partial charge is 0.233 e. The van der Waals surface area contributed by atoms with Crippen molar-refractivity contribution < 1.29 is 4.74 Å². The average Bonchev–Trinajstić information content (AvgIpc) is 3.53. The zero-order valence-electron chi connectivity index (χ0n) is 20.4. The van der Waals surface area contributed by atoms with Crippen LogP contribution in [0, 0.1) is 0 Å². The van der Waals surface area contributed by atoms with E-state index in [0.29, 0.717) is 24.4 Å². The van der Waals surface area contributed by atoms with Crippen LogP contribution < -0.4 is 20.7 Å². The number of nitrogens with zero attached hydrogens (tertiary/aromatic N) is 3. The number of hydrogen-bond acceptors (Lipinski definition) is 7. The minimum absolute atomic E-state index is 0.254. The standard InChI is InChI=1S/C29H30N6O/c1-36-26-11-4-6-19(14-26)18-30-27-33-28(31-24-13-12-20-9-5-10-21(20)15-24)35-29(34-27)32-25-16-22-7-2-3-8-23(22)17-25/h2-4,6-8,11-15,25H,5,9-10,16-18H2,1H3,(H3,30,31,32,33,34,35). The maximum atomic E-state index is 5.36. The lowest BCUT2D eigenvalue weighted by molar-refractivity contribution is 0.414. The molecule has 182 valence electrons. The van der Waals surface area contributed by atoms with Crippen molar-refractivity contribution in [3.8, 4) is 5.75 Å². The highest BCUT2D eigenvalue weighted by Gasteiger charge is 2.22. The van der Waals surface area contributed by atoms with Gasteiger partial charge in [0.1, 0.15) is 5.75 Å². The molecule has 2 aliphatic rings. The lowest BCUT2D eigenvalue weighted by Gasteiger charge is -2.15. The van der Waals surface area contributed by atoms with Crippen molar-refractivity contribution in [3.05, 3.63) is 94.5 Å². The number of methoxy groups -OCH3 is 1. The zero-order valence-corrected chi connectivity index (χ0v) is 20.4. The summed E-state index contributed by atoms with van der Waals surface area (Å²) in [7, 11) is 1.68. The Labute approximate surface area is 211 Å². The van der Waals surface area contributed by atoms with Crippen LogP contribution >= 0.6 is 0 Å². The Hall–Kier alpha value is -4.13. The predicted octanol–water partition coefficient (Wildman–Crippen LogP) is 5.30. The number of aryl methyl sites for hydroxylation is 2. The molecule has 0 aliphatic heterocycles. The van der Waals surface area contributed by atoms with Crippen molar-refractivity contribution >= 4 is 23.5 Å². The summed E-state index contributed by atoms with van der Waals surface area (Å²) in [6, 6.07) is 23.4. The van der Waals surface area contributed by atoms with Gasteiger partial charge in [0.25, 0.3) is 0 Å². The molecule has 0 bridgehead atoms. The molecule has 36 heavy (non-hydrogen) atoms. The van der Waals surface area contributed by atoms with Gasteiger partial charge >= 0.3 is 0 Å². The van der Waals surface area contributed by atoms with Crippen molar-refractivity contribution in [1.29, 1.82) is 0 Å². The molecule has 0 fully saturated rings. The lowest BCUT2D eigenvalue weighted by Crippen LogP contribution is -2.22. The van der Waals surface area contributed by atoms with E-state index < -0.39 is 0 Å². The molecule has 0 saturated heterocycles. The molecular formula is C29H30N6O. The molecule has 0 amide bonds. The maximum absolute atomic E-state index is 5.36. The number of fused-ring (bicyclic) bond motifs is 2. The summed E-state index contributed by atoms with van der Waals surface area (Å²) in [4.78, 5) is 14.1. The molecule has 6 rings (SSSR count). The molecule has 0 atom stereocenters. The normalized spacial score (nSPS) is 14.2. The fourth-order valence-electron chi connectivity index (χ4n) is 5.16. The SMILES string of the molecule is COc1cccc(CNc2nc(Nc3ccc4c(c3)CCC4)nc(NC3Cc4ccccc4C3)n2)c1. The first-order chi connectivity index (χ1) is 17.7. The van der Waals surface area contributed by atoms with Gasteiger partial charge in [0.05, 0.1) is 7.11 Å². The minimum atomic E-state index is 0.254. The number of hydrogen-bond donors (Lipinski definition) is 3. The predicted molar refractivity (Wildman–Crippen MR) is 143 cm³/mol. The quantitative estimate of drug-likeness (QED) is 0.317. The van der Waals surface area contributed by atoms with Crippen molar-refractivity contribution in [2.24, 2.45) is 0 Å². The Kier molecular flexibility index (Phi) is 6.11. The highest BCUT2D eigenvalue weighted by Crippen LogP contribution is 2.27. The molecule has 0 radical (unpaired) electrons. The molecule has 4 aromatic rings. The van der Waals surface area contributed by atoms with Gasteiger partial charge in [-0.05, 0) is 84.2 Å². The molecule has 7 nitrogen and oxygen atoms in total. The molecule has 3 aromatic carbocycles. The number of anilines is 4. The lowest BCUT2D eigenvalue weighted by atomic mass is 10.1. The van der Waals surface area contributed by atoms with E-state index in [2.05, 4.69) is 69.5 Å². The summed E-state index contributed by atoms with van der Waals surface area (Å²) in [5, 5.41) is 10.3. The second-order valence-electron chi connectivity index (χ2n) is 9.49. The first-order valence-corrected chi connectivity index (χ1v) is 12.6. The van der Waals surface area contributed by atoms with Crippen LogP contribution in [0.2, 0.25) is 0 Å². The fourth-order valence-corrected chi connectivity index (χ4v) is 5.16. The molecule has 1 heterocycles. The monoisotopic (exact) mass is 478 g/mol. The second kappa shape index (κ2) is 9.85. The molecule has 7 heteroatoms. The number of benzene rings is 3. The van der Waals surface area contributed by atoms with E-state index in [-0.39, 0.29) is 6.04 Å². The van der Waals surface area contributed by atoms with Crippen molar-refractivity contribution in [3.63, 3.8) is 0 Å². The average molecular weight is 479 g/mol. The van der Waals surface area contributed by atoms with Gasteiger partial charge in [0.2, 0.25) is 17.8 Å². The number of nitrogens with one attached hydrogen (secondary N) is 3. The molecule has 2 aliphatic carbocycles. The van der Waals surface area contributed by atoms with Crippen LogP contribution in [-0.2, 0) is 32.2 Å². The number of aromatic nitrogens is 3. The van der Waals surface area contributed by atoms with Gasteiger partial charge in [-0.3, -0.25) is 0 Å². The highest BCUT2D eigenvalue weighted by atomic mass is 16.5. The van der Waals surface area contributed by atoms with Crippen LogP contribution in [0.3, 0.4) is 0 Å². The molecule has 0 spiro atoms. The molecular weight excluding hydrogens is 448 g/mol. The van der Waals surface area contributed by atoms with Gasteiger partial charge in [-0.15, -0.1) is 0 Å². The Bertz CT molecular complexity index is 1360. The summed E-state index contributed by atoms with van der Waals surface area (Å²) in [6.45, 7) is 0.577. The Morgan fingerprint density at radius 1 is 0.778 bits per heavy atom. The highest BCUT2D eigenvalue weighted by molar-refractivity contribution is 5.58. The first kappa shape index (κ1) is 22.3. The Morgan fingerprint density at radius 3 is 2.39 bits per heavy atom. The maximum Gasteiger partial charge on any atom is 0.233 e. The molecule has 1 aromatic heterocycles. The van der Waals surface area contributed by atoms with Gasteiger partial charge < -0.3 is 20.7 Å². The van der Waals surface area contributed by atoms with Crippen molar-refractivity contribution in [2.75, 3.05) is 23.1 Å². The van der Waals surface area contributed by atoms with Crippen LogP contribution in [0.5, 0.6) is 5.75 Å². The molecule has 0 saturated carbocycles. The molecule has 3 N–H and O–H groups in total. The third-order valence-corrected chi connectivity index (χ3v) is 6.96. The van der Waals surface area contributed by atoms with E-state index in [1.807, 2.05) is 18.2 Å². The third-order valence-electron chi connectivity index (χ3n) is 6.96. The summed E-state index contributed by atoms with van der Waals surface area (Å²) >= 11 is 0. The van der Waals surface area contributed by atoms with Crippen LogP contribution in [-0.4, -0.2) is 28.1 Å². The van der Waals surface area contributed by atoms with Crippen LogP contribution in [0.15, 0.2) is 66.7 Å². The summed E-state index contributed by atoms with van der Waals surface area (Å²) in [6.07, 6.45) is 5.44. The van der Waals surface area contributed by atoms with Crippen molar-refractivity contribution in [1.82, 2.24) is 15.0 Å². The van der Waals surface area contributed by atoms with Gasteiger partial charge in [0, 0.05) is 18.3 Å². The third kappa shape index (κ3) is 4.96. The fraction of sp³-hybridized carbons (Fsp3) is 0.276. The van der Waals surface area contributed by atoms with E-state index in [1.54, 1.807) is 7.11 Å². The summed E-state index contributed by atoms with van der Waals surface area (Å²) < 4.78 is 5.36. The van der Waals surface area contributed by atoms with E-state index in [4.69, 9.17) is 14.7 Å². The number of rotatable bonds is 8. The summed E-state index contributed by atoms with van der Waals surface area (Å²) in [5.74, 6) is 2.44. The van der Waals surface area contributed by atoms with Crippen molar-refractivity contribution in [2.45, 2.75) is 44.7 Å². The minimum Gasteiger partial charge on any atom is -0.497 e. The van der Waals surface area contributed by atoms with Crippen LogP contribution in [0.4, 0.5) is 23.5 Å². The molecule has 0 unspecified atom stereocenters. The van der Waals surface area contributed by atoms with E-state index in [0.717, 1.165) is 42.7 Å². The largest absolute Gasteiger partial charge is 0.497 e. The van der Waals surface area contributed by atoms with Gasteiger partial charge in [-0.1, -0.05) is 42.5 Å². The van der Waals surface area contributed by atoms with E-state index >= 15 is 0 Å². The van der Waals surface area contributed by atoms with Crippen LogP contribution in [0.1, 0.15) is 34.2 Å². The van der Waals surface area contributed by atoms with Gasteiger partial charge in [-0.25, -0.2) is 0 Å². The van der Waals surface area contributed by atoms with Crippen LogP contribution in [0.25, 0.3) is 0 Å². The topological polar surface area (TPSA) is 84.0 Å². The Morgan fingerprint density at radius 2 is 1.56 bits per heavy atom. The van der Waals surface area contributed by atoms with E-state index in [9.17, 15) is 0 Å². The summed E-state index contributed by atoms with van der Waals surface area (Å²) in [5.41, 5.74) is 7.71.